The van der Waals surface area contributed by atoms with Gasteiger partial charge in [-0.25, -0.2) is 4.98 Å². The highest BCUT2D eigenvalue weighted by Crippen LogP contribution is 2.44. The molecule has 0 aliphatic carbocycles. The maximum atomic E-state index is 13.5. The predicted molar refractivity (Wildman–Crippen MR) is 113 cm³/mol. The lowest BCUT2D eigenvalue weighted by Gasteiger charge is -2.29. The van der Waals surface area contributed by atoms with Gasteiger partial charge in [0.15, 0.2) is 0 Å². The minimum absolute atomic E-state index is 0. The van der Waals surface area contributed by atoms with Gasteiger partial charge in [-0.3, -0.25) is 4.79 Å². The Bertz CT molecular complexity index is 835. The normalized spacial score (nSPS) is 24.2. The molecule has 4 nitrogen and oxygen atoms in total. The topological polar surface area (TPSA) is 45.2 Å². The van der Waals surface area contributed by atoms with Crippen LogP contribution in [0.3, 0.4) is 0 Å². The van der Waals surface area contributed by atoms with E-state index in [1.807, 2.05) is 6.92 Å². The standard InChI is InChI=1S/C21H27N3OS.ClH/c1-12(2)20-23-14(4)19(26-20)21(25)24-11-15-9-22-10-17(15)18(24)16-8-6-5-7-13(16)3;/h5-8,12,15,17-18,22H,9-11H2,1-4H3;1H/t15-,17-,18+;/m0./s1. The predicted octanol–water partition coefficient (Wildman–Crippen LogP) is 4.34. The molecule has 2 aliphatic heterocycles. The molecule has 3 heterocycles. The number of nitrogens with zero attached hydrogens (tertiary/aromatic N) is 2. The van der Waals surface area contributed by atoms with Gasteiger partial charge in [0.05, 0.1) is 16.7 Å². The lowest BCUT2D eigenvalue weighted by molar-refractivity contribution is 0.0717. The molecule has 0 saturated carbocycles. The molecule has 0 radical (unpaired) electrons. The summed E-state index contributed by atoms with van der Waals surface area (Å²) in [4.78, 5) is 21.1. The van der Waals surface area contributed by atoms with Crippen LogP contribution in [0.5, 0.6) is 0 Å². The van der Waals surface area contributed by atoms with Crippen LogP contribution < -0.4 is 5.32 Å². The van der Waals surface area contributed by atoms with Gasteiger partial charge in [-0.05, 0) is 30.9 Å². The second kappa shape index (κ2) is 7.90. The number of fused-ring (bicyclic) bond motifs is 1. The van der Waals surface area contributed by atoms with Crippen molar-refractivity contribution in [3.63, 3.8) is 0 Å². The van der Waals surface area contributed by atoms with Crippen LogP contribution >= 0.6 is 23.7 Å². The molecular formula is C21H28ClN3OS. The number of aromatic nitrogens is 1. The van der Waals surface area contributed by atoms with Gasteiger partial charge in [-0.2, -0.15) is 0 Å². The molecule has 1 aromatic carbocycles. The van der Waals surface area contributed by atoms with E-state index in [1.54, 1.807) is 11.3 Å². The number of carbonyl (C=O) groups excluding carboxylic acids is 1. The number of benzene rings is 1. The van der Waals surface area contributed by atoms with Crippen molar-refractivity contribution in [2.24, 2.45) is 11.8 Å². The molecule has 3 atom stereocenters. The first-order chi connectivity index (χ1) is 12.5. The van der Waals surface area contributed by atoms with Crippen molar-refractivity contribution in [2.45, 2.75) is 39.7 Å². The van der Waals surface area contributed by atoms with Gasteiger partial charge >= 0.3 is 0 Å². The van der Waals surface area contributed by atoms with E-state index in [9.17, 15) is 4.79 Å². The molecule has 4 rings (SSSR count). The molecule has 0 unspecified atom stereocenters. The first-order valence-corrected chi connectivity index (χ1v) is 10.3. The molecule has 146 valence electrons. The third-order valence-electron chi connectivity index (χ3n) is 5.83. The van der Waals surface area contributed by atoms with E-state index in [2.05, 4.69) is 60.2 Å². The second-order valence-corrected chi connectivity index (χ2v) is 8.99. The maximum Gasteiger partial charge on any atom is 0.266 e. The monoisotopic (exact) mass is 405 g/mol. The molecule has 1 aromatic heterocycles. The number of carbonyl (C=O) groups is 1. The summed E-state index contributed by atoms with van der Waals surface area (Å²) in [5, 5.41) is 4.58. The second-order valence-electron chi connectivity index (χ2n) is 7.96. The quantitative estimate of drug-likeness (QED) is 0.826. The number of likely N-dealkylation sites (tertiary alicyclic amines) is 1. The van der Waals surface area contributed by atoms with E-state index < -0.39 is 0 Å². The average molecular weight is 406 g/mol. The smallest absolute Gasteiger partial charge is 0.266 e. The lowest BCUT2D eigenvalue weighted by atomic mass is 9.87. The molecule has 0 bridgehead atoms. The van der Waals surface area contributed by atoms with Crippen molar-refractivity contribution < 1.29 is 4.79 Å². The number of halogens is 1. The first kappa shape index (κ1) is 20.3. The van der Waals surface area contributed by atoms with Crippen molar-refractivity contribution in [3.05, 3.63) is 51.0 Å². The Morgan fingerprint density at radius 3 is 2.67 bits per heavy atom. The summed E-state index contributed by atoms with van der Waals surface area (Å²) in [5.41, 5.74) is 3.44. The number of rotatable bonds is 3. The van der Waals surface area contributed by atoms with Crippen molar-refractivity contribution in [2.75, 3.05) is 19.6 Å². The number of nitrogens with one attached hydrogen (secondary N) is 1. The number of aryl methyl sites for hydroxylation is 2. The van der Waals surface area contributed by atoms with Crippen molar-refractivity contribution in [3.8, 4) is 0 Å². The molecule has 2 aromatic rings. The van der Waals surface area contributed by atoms with Crippen LogP contribution in [0.1, 0.15) is 57.3 Å². The summed E-state index contributed by atoms with van der Waals surface area (Å²) < 4.78 is 0. The summed E-state index contributed by atoms with van der Waals surface area (Å²) in [6, 6.07) is 8.68. The molecule has 27 heavy (non-hydrogen) atoms. The summed E-state index contributed by atoms with van der Waals surface area (Å²) in [6.45, 7) is 11.2. The number of hydrogen-bond donors (Lipinski definition) is 1. The van der Waals surface area contributed by atoms with E-state index in [-0.39, 0.29) is 24.4 Å². The maximum absolute atomic E-state index is 13.5. The molecule has 2 saturated heterocycles. The summed E-state index contributed by atoms with van der Waals surface area (Å²) in [6.07, 6.45) is 0. The highest BCUT2D eigenvalue weighted by Gasteiger charge is 2.47. The third-order valence-corrected chi connectivity index (χ3v) is 7.28. The van der Waals surface area contributed by atoms with Gasteiger partial charge in [0.25, 0.3) is 5.91 Å². The van der Waals surface area contributed by atoms with Gasteiger partial charge in [0.2, 0.25) is 0 Å². The molecule has 6 heteroatoms. The molecular weight excluding hydrogens is 378 g/mol. The molecule has 0 spiro atoms. The van der Waals surface area contributed by atoms with Crippen LogP contribution in [-0.2, 0) is 0 Å². The first-order valence-electron chi connectivity index (χ1n) is 9.52. The van der Waals surface area contributed by atoms with Crippen LogP contribution in [0.15, 0.2) is 24.3 Å². The molecule has 1 N–H and O–H groups in total. The fourth-order valence-corrected chi connectivity index (χ4v) is 5.46. The average Bonchev–Trinajstić information content (AvgIpc) is 3.28. The zero-order valence-corrected chi connectivity index (χ0v) is 18.0. The Hall–Kier alpha value is -1.43. The largest absolute Gasteiger partial charge is 0.330 e. The van der Waals surface area contributed by atoms with Gasteiger partial charge in [-0.1, -0.05) is 38.1 Å². The molecule has 1 amide bonds. The van der Waals surface area contributed by atoms with Gasteiger partial charge in [-0.15, -0.1) is 23.7 Å². The van der Waals surface area contributed by atoms with E-state index in [4.69, 9.17) is 0 Å². The zero-order valence-electron chi connectivity index (χ0n) is 16.4. The zero-order chi connectivity index (χ0) is 18.4. The number of hydrogen-bond acceptors (Lipinski definition) is 4. The van der Waals surface area contributed by atoms with Crippen LogP contribution in [0, 0.1) is 25.7 Å². The Balaban J connectivity index is 0.00000210. The Morgan fingerprint density at radius 2 is 2.00 bits per heavy atom. The lowest BCUT2D eigenvalue weighted by Crippen LogP contribution is -2.35. The fourth-order valence-electron chi connectivity index (χ4n) is 4.44. The van der Waals surface area contributed by atoms with Crippen LogP contribution in [-0.4, -0.2) is 35.4 Å². The van der Waals surface area contributed by atoms with E-state index in [1.165, 1.54) is 11.1 Å². The van der Waals surface area contributed by atoms with E-state index in [0.29, 0.717) is 17.8 Å². The summed E-state index contributed by atoms with van der Waals surface area (Å²) >= 11 is 1.57. The fraction of sp³-hybridized carbons (Fsp3) is 0.524. The molecule has 2 aliphatic rings. The molecule has 2 fully saturated rings. The summed E-state index contributed by atoms with van der Waals surface area (Å²) in [7, 11) is 0. The minimum atomic E-state index is 0. The van der Waals surface area contributed by atoms with Crippen molar-refractivity contribution in [1.82, 2.24) is 15.2 Å². The van der Waals surface area contributed by atoms with Crippen molar-refractivity contribution in [1.29, 1.82) is 0 Å². The highest BCUT2D eigenvalue weighted by atomic mass is 35.5. The third kappa shape index (κ3) is 3.53. The van der Waals surface area contributed by atoms with E-state index in [0.717, 1.165) is 35.2 Å². The van der Waals surface area contributed by atoms with Crippen molar-refractivity contribution >= 4 is 29.7 Å². The SMILES string of the molecule is Cc1ccccc1[C@@H]1[C@H]2CNC[C@H]2CN1C(=O)c1sc(C(C)C)nc1C.Cl. The van der Waals surface area contributed by atoms with Gasteiger partial charge < -0.3 is 10.2 Å². The minimum Gasteiger partial charge on any atom is -0.330 e. The number of thiazole rings is 1. The highest BCUT2D eigenvalue weighted by molar-refractivity contribution is 7.13. The van der Waals surface area contributed by atoms with Crippen LogP contribution in [0.4, 0.5) is 0 Å². The Labute approximate surface area is 171 Å². The Kier molecular flexibility index (Phi) is 5.94. The van der Waals surface area contributed by atoms with Crippen LogP contribution in [0.25, 0.3) is 0 Å². The Morgan fingerprint density at radius 1 is 1.26 bits per heavy atom. The van der Waals surface area contributed by atoms with Gasteiger partial charge in [0.1, 0.15) is 4.88 Å². The van der Waals surface area contributed by atoms with Gasteiger partial charge in [0, 0.05) is 31.5 Å². The van der Waals surface area contributed by atoms with Crippen LogP contribution in [0.2, 0.25) is 0 Å². The number of amides is 1. The summed E-state index contributed by atoms with van der Waals surface area (Å²) in [5.74, 6) is 1.56. The van der Waals surface area contributed by atoms with E-state index >= 15 is 0 Å².